The minimum absolute atomic E-state index is 0.0000760. The highest BCUT2D eigenvalue weighted by atomic mass is 32.2. The number of anilines is 1. The summed E-state index contributed by atoms with van der Waals surface area (Å²) in [6.45, 7) is 6.29. The normalized spacial score (nSPS) is 16.0. The molecule has 0 saturated heterocycles. The van der Waals surface area contributed by atoms with Gasteiger partial charge in [-0.1, -0.05) is 45.0 Å². The Labute approximate surface area is 168 Å². The number of fused-ring (bicyclic) bond motifs is 1. The Morgan fingerprint density at radius 3 is 2.39 bits per heavy atom. The van der Waals surface area contributed by atoms with E-state index in [0.717, 1.165) is 16.1 Å². The summed E-state index contributed by atoms with van der Waals surface area (Å²) < 4.78 is 0. The standard InChI is InChI=1S/C21H23N3O3S/c1-21(2,3)14-10-8-13(9-11-14)19(26)24-23-18(25)12-17-20(27)22-15-6-4-5-7-16(15)28-17/h4-11,17H,12H2,1-3H3,(H,22,27)(H,23,25)(H,24,26)/t17-/m1/s1. The zero-order valence-electron chi connectivity index (χ0n) is 16.0. The van der Waals surface area contributed by atoms with Crippen molar-refractivity contribution < 1.29 is 14.4 Å². The van der Waals surface area contributed by atoms with Gasteiger partial charge in [0.15, 0.2) is 0 Å². The summed E-state index contributed by atoms with van der Waals surface area (Å²) in [6.07, 6.45) is -0.0337. The van der Waals surface area contributed by atoms with E-state index in [1.807, 2.05) is 36.4 Å². The predicted molar refractivity (Wildman–Crippen MR) is 110 cm³/mol. The molecular weight excluding hydrogens is 374 g/mol. The Hall–Kier alpha value is -2.80. The number of hydrogen-bond donors (Lipinski definition) is 3. The first-order chi connectivity index (χ1) is 13.2. The molecule has 1 aliphatic heterocycles. The molecule has 3 amide bonds. The van der Waals surface area contributed by atoms with Crippen molar-refractivity contribution in [1.82, 2.24) is 10.9 Å². The maximum atomic E-state index is 12.2. The van der Waals surface area contributed by atoms with E-state index in [1.54, 1.807) is 12.1 Å². The van der Waals surface area contributed by atoms with Crippen LogP contribution < -0.4 is 16.2 Å². The molecule has 0 fully saturated rings. The largest absolute Gasteiger partial charge is 0.324 e. The molecule has 146 valence electrons. The van der Waals surface area contributed by atoms with Gasteiger partial charge in [0.1, 0.15) is 0 Å². The minimum Gasteiger partial charge on any atom is -0.324 e. The quantitative estimate of drug-likeness (QED) is 0.694. The van der Waals surface area contributed by atoms with Gasteiger partial charge in [-0.3, -0.25) is 25.2 Å². The number of para-hydroxylation sites is 1. The molecule has 0 spiro atoms. The van der Waals surface area contributed by atoms with Gasteiger partial charge in [-0.05, 0) is 35.2 Å². The number of hydrogen-bond acceptors (Lipinski definition) is 4. The Bertz CT molecular complexity index is 904. The lowest BCUT2D eigenvalue weighted by Gasteiger charge is -2.23. The lowest BCUT2D eigenvalue weighted by atomic mass is 9.87. The van der Waals surface area contributed by atoms with Crippen LogP contribution >= 0.6 is 11.8 Å². The first-order valence-corrected chi connectivity index (χ1v) is 9.88. The lowest BCUT2D eigenvalue weighted by molar-refractivity contribution is -0.124. The van der Waals surface area contributed by atoms with E-state index in [4.69, 9.17) is 0 Å². The fourth-order valence-corrected chi connectivity index (χ4v) is 3.88. The van der Waals surface area contributed by atoms with E-state index in [0.29, 0.717) is 5.56 Å². The van der Waals surface area contributed by atoms with Crippen LogP contribution in [0.4, 0.5) is 5.69 Å². The van der Waals surface area contributed by atoms with Gasteiger partial charge in [0.05, 0.1) is 10.9 Å². The first-order valence-electron chi connectivity index (χ1n) is 9.00. The smallest absolute Gasteiger partial charge is 0.269 e. The van der Waals surface area contributed by atoms with Gasteiger partial charge >= 0.3 is 0 Å². The number of thioether (sulfide) groups is 1. The maximum Gasteiger partial charge on any atom is 0.269 e. The molecule has 3 rings (SSSR count). The highest BCUT2D eigenvalue weighted by Crippen LogP contribution is 2.36. The third-order valence-electron chi connectivity index (χ3n) is 4.41. The van der Waals surface area contributed by atoms with Crippen molar-refractivity contribution in [2.45, 2.75) is 42.8 Å². The summed E-state index contributed by atoms with van der Waals surface area (Å²) in [4.78, 5) is 37.5. The van der Waals surface area contributed by atoms with Crippen molar-refractivity contribution in [2.75, 3.05) is 5.32 Å². The van der Waals surface area contributed by atoms with Crippen molar-refractivity contribution in [3.8, 4) is 0 Å². The van der Waals surface area contributed by atoms with Crippen molar-refractivity contribution in [1.29, 1.82) is 0 Å². The second-order valence-electron chi connectivity index (χ2n) is 7.63. The molecule has 1 aliphatic rings. The highest BCUT2D eigenvalue weighted by molar-refractivity contribution is 8.01. The average Bonchev–Trinajstić information content (AvgIpc) is 2.66. The van der Waals surface area contributed by atoms with Crippen LogP contribution in [-0.4, -0.2) is 23.0 Å². The lowest BCUT2D eigenvalue weighted by Crippen LogP contribution is -2.44. The maximum absolute atomic E-state index is 12.2. The number of carbonyl (C=O) groups excluding carboxylic acids is 3. The molecule has 1 atom stereocenters. The topological polar surface area (TPSA) is 87.3 Å². The molecule has 3 N–H and O–H groups in total. The van der Waals surface area contributed by atoms with Crippen molar-refractivity contribution in [3.05, 3.63) is 59.7 Å². The third-order valence-corrected chi connectivity index (χ3v) is 5.68. The number of amides is 3. The summed E-state index contributed by atoms with van der Waals surface area (Å²) in [5.41, 5.74) is 7.11. The van der Waals surface area contributed by atoms with Crippen LogP contribution in [0.25, 0.3) is 0 Å². The van der Waals surface area contributed by atoms with Gasteiger partial charge in [-0.15, -0.1) is 11.8 Å². The summed E-state index contributed by atoms with van der Waals surface area (Å²) in [6, 6.07) is 14.7. The van der Waals surface area contributed by atoms with E-state index >= 15 is 0 Å². The van der Waals surface area contributed by atoms with Gasteiger partial charge in [-0.25, -0.2) is 0 Å². The second kappa shape index (κ2) is 8.06. The molecule has 0 aromatic heterocycles. The first kappa shape index (κ1) is 19.9. The summed E-state index contributed by atoms with van der Waals surface area (Å²) in [5.74, 6) is -1.05. The van der Waals surface area contributed by atoms with E-state index < -0.39 is 17.1 Å². The Kier molecular flexibility index (Phi) is 5.74. The molecule has 6 nitrogen and oxygen atoms in total. The van der Waals surface area contributed by atoms with Gasteiger partial charge in [0.25, 0.3) is 5.91 Å². The third kappa shape index (κ3) is 4.72. The van der Waals surface area contributed by atoms with Crippen molar-refractivity contribution in [3.63, 3.8) is 0 Å². The molecular formula is C21H23N3O3S. The fraction of sp³-hybridized carbons (Fsp3) is 0.286. The molecule has 0 radical (unpaired) electrons. The van der Waals surface area contributed by atoms with Crippen LogP contribution in [0, 0.1) is 0 Å². The summed E-state index contributed by atoms with van der Waals surface area (Å²) >= 11 is 1.34. The van der Waals surface area contributed by atoms with Crippen LogP contribution in [0.1, 0.15) is 43.1 Å². The number of carbonyl (C=O) groups is 3. The molecule has 1 heterocycles. The molecule has 0 bridgehead atoms. The molecule has 28 heavy (non-hydrogen) atoms. The Morgan fingerprint density at radius 2 is 1.71 bits per heavy atom. The molecule has 2 aromatic carbocycles. The van der Waals surface area contributed by atoms with Crippen LogP contribution in [0.3, 0.4) is 0 Å². The average molecular weight is 398 g/mol. The zero-order valence-corrected chi connectivity index (χ0v) is 16.9. The highest BCUT2D eigenvalue weighted by Gasteiger charge is 2.28. The van der Waals surface area contributed by atoms with E-state index in [9.17, 15) is 14.4 Å². The van der Waals surface area contributed by atoms with Gasteiger partial charge in [0, 0.05) is 16.9 Å². The monoisotopic (exact) mass is 397 g/mol. The van der Waals surface area contributed by atoms with E-state index in [-0.39, 0.29) is 17.7 Å². The zero-order chi connectivity index (χ0) is 20.3. The number of hydrazine groups is 1. The van der Waals surface area contributed by atoms with Crippen molar-refractivity contribution in [2.24, 2.45) is 0 Å². The van der Waals surface area contributed by atoms with Crippen LogP contribution in [0.2, 0.25) is 0 Å². The number of rotatable bonds is 3. The minimum atomic E-state index is -0.544. The van der Waals surface area contributed by atoms with Gasteiger partial charge < -0.3 is 5.32 Å². The summed E-state index contributed by atoms with van der Waals surface area (Å²) in [7, 11) is 0. The molecule has 0 unspecified atom stereocenters. The number of nitrogens with one attached hydrogen (secondary N) is 3. The Morgan fingerprint density at radius 1 is 1.04 bits per heavy atom. The molecule has 0 saturated carbocycles. The van der Waals surface area contributed by atoms with Crippen LogP contribution in [0.15, 0.2) is 53.4 Å². The Balaban J connectivity index is 1.53. The predicted octanol–water partition coefficient (Wildman–Crippen LogP) is 3.25. The SMILES string of the molecule is CC(C)(C)c1ccc(C(=O)NNC(=O)C[C@H]2Sc3ccccc3NC2=O)cc1. The van der Waals surface area contributed by atoms with Gasteiger partial charge in [0.2, 0.25) is 11.8 Å². The second-order valence-corrected chi connectivity index (χ2v) is 8.87. The molecule has 7 heteroatoms. The van der Waals surface area contributed by atoms with Crippen LogP contribution in [0.5, 0.6) is 0 Å². The van der Waals surface area contributed by atoms with Crippen molar-refractivity contribution >= 4 is 35.2 Å². The molecule has 2 aromatic rings. The van der Waals surface area contributed by atoms with E-state index in [1.165, 1.54) is 11.8 Å². The van der Waals surface area contributed by atoms with E-state index in [2.05, 4.69) is 36.9 Å². The summed E-state index contributed by atoms with van der Waals surface area (Å²) in [5, 5.41) is 2.25. The van der Waals surface area contributed by atoms with Crippen LogP contribution in [-0.2, 0) is 15.0 Å². The fourth-order valence-electron chi connectivity index (χ4n) is 2.77. The molecule has 0 aliphatic carbocycles. The number of benzene rings is 2. The van der Waals surface area contributed by atoms with Gasteiger partial charge in [-0.2, -0.15) is 0 Å².